The van der Waals surface area contributed by atoms with Crippen LogP contribution >= 0.6 is 22.7 Å². The van der Waals surface area contributed by atoms with Gasteiger partial charge in [-0.2, -0.15) is 0 Å². The first-order valence-corrected chi connectivity index (χ1v) is 14.1. The number of aromatic nitrogens is 4. The van der Waals surface area contributed by atoms with E-state index in [-0.39, 0.29) is 0 Å². The fourth-order valence-electron chi connectivity index (χ4n) is 4.95. The Bertz CT molecular complexity index is 2030. The highest BCUT2D eigenvalue weighted by Crippen LogP contribution is 2.37. The van der Waals surface area contributed by atoms with Gasteiger partial charge in [-0.15, -0.1) is 22.7 Å². The lowest BCUT2D eigenvalue weighted by atomic mass is 10.1. The molecule has 7 heteroatoms. The molecule has 8 aromatic rings. The minimum atomic E-state index is 0.505. The van der Waals surface area contributed by atoms with Crippen LogP contribution in [0.5, 0.6) is 11.8 Å². The Morgan fingerprint density at radius 3 is 1.49 bits per heavy atom. The number of thiophene rings is 2. The van der Waals surface area contributed by atoms with Crippen molar-refractivity contribution in [1.82, 2.24) is 19.9 Å². The lowest BCUT2D eigenvalue weighted by molar-refractivity contribution is 0.446. The van der Waals surface area contributed by atoms with Crippen molar-refractivity contribution in [3.63, 3.8) is 0 Å². The molecule has 0 saturated carbocycles. The van der Waals surface area contributed by atoms with Gasteiger partial charge in [0.05, 0.1) is 20.8 Å². The average Bonchev–Trinajstić information content (AvgIpc) is 3.55. The molecule has 0 aliphatic carbocycles. The third kappa shape index (κ3) is 3.91. The second-order valence-corrected chi connectivity index (χ2v) is 11.4. The van der Waals surface area contributed by atoms with E-state index >= 15 is 0 Å². The number of nitrogens with zero attached hydrogens (tertiary/aromatic N) is 4. The Kier molecular flexibility index (Phi) is 5.11. The molecular weight excluding hydrogens is 521 g/mol. The zero-order valence-corrected chi connectivity index (χ0v) is 22.0. The van der Waals surface area contributed by atoms with Crippen LogP contribution in [0, 0.1) is 0 Å². The Hall–Kier alpha value is -4.72. The SMILES string of the molecule is c1cc(Oc2cccc(-c3ccc4c(c3)sc3cnccc34)n2)nc(-c2ccc3c(c2)sc2cnccc23)c1. The van der Waals surface area contributed by atoms with Gasteiger partial charge in [0.2, 0.25) is 11.8 Å². The number of hydrogen-bond acceptors (Lipinski definition) is 7. The first kappa shape index (κ1) is 22.3. The maximum absolute atomic E-state index is 6.14. The topological polar surface area (TPSA) is 60.8 Å². The van der Waals surface area contributed by atoms with Crippen LogP contribution in [-0.2, 0) is 0 Å². The van der Waals surface area contributed by atoms with Crippen molar-refractivity contribution in [2.75, 3.05) is 0 Å². The molecule has 184 valence electrons. The molecule has 0 fully saturated rings. The van der Waals surface area contributed by atoms with Crippen LogP contribution in [0.3, 0.4) is 0 Å². The van der Waals surface area contributed by atoms with Gasteiger partial charge in [0.25, 0.3) is 0 Å². The third-order valence-electron chi connectivity index (χ3n) is 6.80. The lowest BCUT2D eigenvalue weighted by Crippen LogP contribution is -1.93. The summed E-state index contributed by atoms with van der Waals surface area (Å²) < 4.78 is 10.9. The fourth-order valence-corrected chi connectivity index (χ4v) is 7.18. The van der Waals surface area contributed by atoms with E-state index in [9.17, 15) is 0 Å². The minimum Gasteiger partial charge on any atom is -0.421 e. The summed E-state index contributed by atoms with van der Waals surface area (Å²) in [4.78, 5) is 18.1. The highest BCUT2D eigenvalue weighted by Gasteiger charge is 2.11. The fraction of sp³-hybridized carbons (Fsp3) is 0. The molecule has 5 nitrogen and oxygen atoms in total. The van der Waals surface area contributed by atoms with Crippen molar-refractivity contribution < 1.29 is 4.74 Å². The summed E-state index contributed by atoms with van der Waals surface area (Å²) >= 11 is 3.49. The van der Waals surface area contributed by atoms with E-state index in [1.807, 2.05) is 61.2 Å². The third-order valence-corrected chi connectivity index (χ3v) is 9.01. The van der Waals surface area contributed by atoms with Gasteiger partial charge in [0, 0.05) is 79.0 Å². The number of benzene rings is 2. The standard InChI is InChI=1S/C32H18N4OS2/c1-3-25(19-7-9-21-23-11-13-33-17-29(23)38-27(21)15-19)35-31(5-1)37-32-6-2-4-26(36-32)20-8-10-22-24-12-14-34-18-30(24)39-28(22)16-20/h1-18H. The molecule has 0 amide bonds. The Morgan fingerprint density at radius 2 is 0.974 bits per heavy atom. The summed E-state index contributed by atoms with van der Waals surface area (Å²) in [6.07, 6.45) is 7.53. The summed E-state index contributed by atoms with van der Waals surface area (Å²) in [6, 6.07) is 28.7. The van der Waals surface area contributed by atoms with E-state index in [2.05, 4.69) is 58.5 Å². The van der Waals surface area contributed by atoms with Crippen LogP contribution in [0.4, 0.5) is 0 Å². The molecule has 0 saturated heterocycles. The van der Waals surface area contributed by atoms with Gasteiger partial charge >= 0.3 is 0 Å². The predicted molar refractivity (Wildman–Crippen MR) is 161 cm³/mol. The molecule has 0 bridgehead atoms. The van der Waals surface area contributed by atoms with E-state index in [0.717, 1.165) is 22.5 Å². The summed E-state index contributed by atoms with van der Waals surface area (Å²) in [5.74, 6) is 1.01. The second-order valence-electron chi connectivity index (χ2n) is 9.19. The van der Waals surface area contributed by atoms with Gasteiger partial charge in [0.15, 0.2) is 0 Å². The molecule has 39 heavy (non-hydrogen) atoms. The first-order chi connectivity index (χ1) is 19.3. The van der Waals surface area contributed by atoms with Crippen molar-refractivity contribution in [3.8, 4) is 34.3 Å². The smallest absolute Gasteiger partial charge is 0.221 e. The molecule has 0 N–H and O–H groups in total. The van der Waals surface area contributed by atoms with Gasteiger partial charge in [0.1, 0.15) is 0 Å². The molecule has 0 aliphatic rings. The molecule has 6 aromatic heterocycles. The van der Waals surface area contributed by atoms with Crippen LogP contribution in [0.25, 0.3) is 62.9 Å². The molecule has 0 radical (unpaired) electrons. The molecule has 0 spiro atoms. The Labute approximate surface area is 231 Å². The zero-order valence-electron chi connectivity index (χ0n) is 20.4. The quantitative estimate of drug-likeness (QED) is 0.224. The molecule has 8 rings (SSSR count). The van der Waals surface area contributed by atoms with Crippen LogP contribution in [-0.4, -0.2) is 19.9 Å². The Balaban J connectivity index is 1.10. The average molecular weight is 539 g/mol. The van der Waals surface area contributed by atoms with Gasteiger partial charge in [-0.05, 0) is 36.4 Å². The Morgan fingerprint density at radius 1 is 0.487 bits per heavy atom. The molecular formula is C32H18N4OS2. The largest absolute Gasteiger partial charge is 0.421 e. The van der Waals surface area contributed by atoms with Gasteiger partial charge < -0.3 is 4.74 Å². The van der Waals surface area contributed by atoms with E-state index in [0.29, 0.717) is 11.8 Å². The number of hydrogen-bond donors (Lipinski definition) is 0. The maximum atomic E-state index is 6.14. The number of fused-ring (bicyclic) bond motifs is 6. The normalized spacial score (nSPS) is 11.6. The molecule has 0 unspecified atom stereocenters. The van der Waals surface area contributed by atoms with Crippen molar-refractivity contribution >= 4 is 63.0 Å². The van der Waals surface area contributed by atoms with Crippen LogP contribution in [0.15, 0.2) is 110 Å². The molecule has 0 atom stereocenters. The summed E-state index contributed by atoms with van der Waals surface area (Å²) in [5, 5.41) is 4.94. The van der Waals surface area contributed by atoms with Crippen molar-refractivity contribution in [3.05, 3.63) is 110 Å². The lowest BCUT2D eigenvalue weighted by Gasteiger charge is -2.08. The van der Waals surface area contributed by atoms with Crippen molar-refractivity contribution in [2.24, 2.45) is 0 Å². The van der Waals surface area contributed by atoms with Crippen LogP contribution in [0.2, 0.25) is 0 Å². The summed E-state index contributed by atoms with van der Waals surface area (Å²) in [5.41, 5.74) is 3.79. The van der Waals surface area contributed by atoms with Crippen molar-refractivity contribution in [2.45, 2.75) is 0 Å². The minimum absolute atomic E-state index is 0.505. The van der Waals surface area contributed by atoms with Crippen LogP contribution in [0.1, 0.15) is 0 Å². The molecule has 2 aromatic carbocycles. The highest BCUT2D eigenvalue weighted by atomic mass is 32.1. The zero-order chi connectivity index (χ0) is 25.8. The second kappa shape index (κ2) is 8.94. The first-order valence-electron chi connectivity index (χ1n) is 12.4. The molecule has 6 heterocycles. The van der Waals surface area contributed by atoms with E-state index < -0.39 is 0 Å². The summed E-state index contributed by atoms with van der Waals surface area (Å²) in [6.45, 7) is 0. The van der Waals surface area contributed by atoms with Gasteiger partial charge in [-0.3, -0.25) is 9.97 Å². The highest BCUT2D eigenvalue weighted by molar-refractivity contribution is 7.26. The number of ether oxygens (including phenoxy) is 1. The predicted octanol–water partition coefficient (Wildman–Crippen LogP) is 9.13. The number of rotatable bonds is 4. The van der Waals surface area contributed by atoms with E-state index in [4.69, 9.17) is 14.7 Å². The monoisotopic (exact) mass is 538 g/mol. The van der Waals surface area contributed by atoms with Gasteiger partial charge in [-0.1, -0.05) is 36.4 Å². The van der Waals surface area contributed by atoms with Gasteiger partial charge in [-0.25, -0.2) is 9.97 Å². The van der Waals surface area contributed by atoms with E-state index in [1.165, 1.54) is 40.3 Å². The summed E-state index contributed by atoms with van der Waals surface area (Å²) in [7, 11) is 0. The van der Waals surface area contributed by atoms with E-state index in [1.54, 1.807) is 22.7 Å². The number of pyridine rings is 4. The van der Waals surface area contributed by atoms with Crippen molar-refractivity contribution in [1.29, 1.82) is 0 Å². The molecule has 0 aliphatic heterocycles. The maximum Gasteiger partial charge on any atom is 0.221 e. The van der Waals surface area contributed by atoms with Crippen LogP contribution < -0.4 is 4.74 Å².